The van der Waals surface area contributed by atoms with Crippen molar-refractivity contribution in [2.75, 3.05) is 17.2 Å². The van der Waals surface area contributed by atoms with E-state index in [1.54, 1.807) is 4.68 Å². The Hall–Kier alpha value is -1.04. The molecule has 2 N–H and O–H groups in total. The van der Waals surface area contributed by atoms with Crippen LogP contribution in [0, 0.1) is 0 Å². The second kappa shape index (κ2) is 3.73. The van der Waals surface area contributed by atoms with Gasteiger partial charge in [0.05, 0.1) is 23.2 Å². The van der Waals surface area contributed by atoms with Gasteiger partial charge in [0.2, 0.25) is 0 Å². The van der Waals surface area contributed by atoms with Crippen LogP contribution in [-0.2, 0) is 22.7 Å². The van der Waals surface area contributed by atoms with Gasteiger partial charge >= 0.3 is 0 Å². The fourth-order valence-electron chi connectivity index (χ4n) is 2.84. The van der Waals surface area contributed by atoms with Crippen LogP contribution in [-0.4, -0.2) is 29.7 Å². The van der Waals surface area contributed by atoms with Crippen molar-refractivity contribution in [2.45, 2.75) is 38.1 Å². The largest absolute Gasteiger partial charge is 0.384 e. The molecule has 2 heterocycles. The standard InChI is InChI=1S/C11H17N3O2S/c12-11-9-3-1-2-4-10(9)13-14(11)8-5-6-17(15,16)7-8/h8H,1-7,12H2. The summed E-state index contributed by atoms with van der Waals surface area (Å²) in [7, 11) is -2.88. The summed E-state index contributed by atoms with van der Waals surface area (Å²) in [6.45, 7) is 0. The Balaban J connectivity index is 1.96. The fourth-order valence-corrected chi connectivity index (χ4v) is 4.54. The molecule has 1 atom stereocenters. The predicted molar refractivity (Wildman–Crippen MR) is 65.6 cm³/mol. The van der Waals surface area contributed by atoms with Crippen molar-refractivity contribution in [3.05, 3.63) is 11.3 Å². The van der Waals surface area contributed by atoms with Gasteiger partial charge in [0.1, 0.15) is 5.82 Å². The van der Waals surface area contributed by atoms with E-state index in [4.69, 9.17) is 5.73 Å². The Labute approximate surface area is 101 Å². The van der Waals surface area contributed by atoms with E-state index in [1.807, 2.05) is 0 Å². The zero-order valence-electron chi connectivity index (χ0n) is 9.72. The highest BCUT2D eigenvalue weighted by molar-refractivity contribution is 7.91. The first-order chi connectivity index (χ1) is 8.07. The van der Waals surface area contributed by atoms with Crippen molar-refractivity contribution in [3.8, 4) is 0 Å². The third-order valence-electron chi connectivity index (χ3n) is 3.78. The summed E-state index contributed by atoms with van der Waals surface area (Å²) in [6.07, 6.45) is 4.93. The van der Waals surface area contributed by atoms with Crippen LogP contribution in [0.15, 0.2) is 0 Å². The van der Waals surface area contributed by atoms with Crippen molar-refractivity contribution >= 4 is 15.7 Å². The fraction of sp³-hybridized carbons (Fsp3) is 0.727. The molecule has 1 aromatic heterocycles. The summed E-state index contributed by atoms with van der Waals surface area (Å²) in [5.74, 6) is 1.15. The topological polar surface area (TPSA) is 78.0 Å². The van der Waals surface area contributed by atoms with Crippen molar-refractivity contribution in [1.82, 2.24) is 9.78 Å². The van der Waals surface area contributed by atoms with Gasteiger partial charge in [-0.2, -0.15) is 5.10 Å². The summed E-state index contributed by atoms with van der Waals surface area (Å²) >= 11 is 0. The van der Waals surface area contributed by atoms with Crippen molar-refractivity contribution in [3.63, 3.8) is 0 Å². The summed E-state index contributed by atoms with van der Waals surface area (Å²) in [4.78, 5) is 0. The average molecular weight is 255 g/mol. The van der Waals surface area contributed by atoms with E-state index < -0.39 is 9.84 Å². The van der Waals surface area contributed by atoms with E-state index in [0.29, 0.717) is 12.2 Å². The molecule has 6 heteroatoms. The highest BCUT2D eigenvalue weighted by atomic mass is 32.2. The second-order valence-corrected chi connectivity index (χ2v) is 7.25. The highest BCUT2D eigenvalue weighted by Crippen LogP contribution is 2.31. The minimum absolute atomic E-state index is 0.0504. The molecule has 1 aromatic rings. The Morgan fingerprint density at radius 2 is 2.06 bits per heavy atom. The van der Waals surface area contributed by atoms with Crippen LogP contribution in [0.3, 0.4) is 0 Å². The summed E-state index contributed by atoms with van der Waals surface area (Å²) < 4.78 is 24.7. The number of sulfone groups is 1. The number of aryl methyl sites for hydroxylation is 1. The smallest absolute Gasteiger partial charge is 0.152 e. The van der Waals surface area contributed by atoms with Crippen LogP contribution in [0.2, 0.25) is 0 Å². The Bertz CT molecular complexity index is 547. The Kier molecular flexibility index (Phi) is 2.43. The molecular weight excluding hydrogens is 238 g/mol. The molecule has 0 spiro atoms. The van der Waals surface area contributed by atoms with Crippen LogP contribution in [0.1, 0.15) is 36.6 Å². The molecule has 3 rings (SSSR count). The summed E-state index contributed by atoms with van der Waals surface area (Å²) in [5.41, 5.74) is 8.33. The average Bonchev–Trinajstić information content (AvgIpc) is 2.81. The molecule has 1 fully saturated rings. The van der Waals surface area contributed by atoms with E-state index in [1.165, 1.54) is 0 Å². The Morgan fingerprint density at radius 3 is 2.71 bits per heavy atom. The van der Waals surface area contributed by atoms with Gasteiger partial charge in [-0.15, -0.1) is 0 Å². The number of rotatable bonds is 1. The molecule has 1 unspecified atom stereocenters. The van der Waals surface area contributed by atoms with Crippen LogP contribution in [0.5, 0.6) is 0 Å². The first-order valence-corrected chi connectivity index (χ1v) is 7.95. The molecule has 94 valence electrons. The lowest BCUT2D eigenvalue weighted by Gasteiger charge is -2.11. The SMILES string of the molecule is Nc1c2c(nn1C1CCS(=O)(=O)C1)CCCC2. The van der Waals surface area contributed by atoms with E-state index >= 15 is 0 Å². The van der Waals surface area contributed by atoms with Crippen LogP contribution < -0.4 is 5.73 Å². The lowest BCUT2D eigenvalue weighted by molar-refractivity contribution is 0.501. The number of nitrogen functional groups attached to an aromatic ring is 1. The van der Waals surface area contributed by atoms with Gasteiger partial charge in [0.15, 0.2) is 9.84 Å². The molecule has 2 aliphatic rings. The third kappa shape index (κ3) is 1.84. The molecule has 0 radical (unpaired) electrons. The zero-order valence-corrected chi connectivity index (χ0v) is 10.5. The van der Waals surface area contributed by atoms with Crippen LogP contribution in [0.25, 0.3) is 0 Å². The van der Waals surface area contributed by atoms with Crippen molar-refractivity contribution < 1.29 is 8.42 Å². The minimum atomic E-state index is -2.88. The lowest BCUT2D eigenvalue weighted by atomic mass is 9.98. The van der Waals surface area contributed by atoms with Crippen molar-refractivity contribution in [1.29, 1.82) is 0 Å². The number of anilines is 1. The molecule has 1 saturated heterocycles. The first-order valence-electron chi connectivity index (χ1n) is 6.13. The minimum Gasteiger partial charge on any atom is -0.384 e. The molecule has 0 amide bonds. The number of fused-ring (bicyclic) bond motifs is 1. The summed E-state index contributed by atoms with van der Waals surface area (Å²) in [6, 6.07) is -0.0504. The van der Waals surface area contributed by atoms with Gasteiger partial charge in [-0.1, -0.05) is 0 Å². The zero-order chi connectivity index (χ0) is 12.0. The molecule has 17 heavy (non-hydrogen) atoms. The predicted octanol–water partition coefficient (Wildman–Crippen LogP) is 0.704. The van der Waals surface area contributed by atoms with Crippen LogP contribution >= 0.6 is 0 Å². The van der Waals surface area contributed by atoms with Gasteiger partial charge in [0, 0.05) is 5.56 Å². The number of aromatic nitrogens is 2. The third-order valence-corrected chi connectivity index (χ3v) is 5.53. The molecule has 1 aliphatic carbocycles. The molecular formula is C11H17N3O2S. The van der Waals surface area contributed by atoms with Gasteiger partial charge in [0.25, 0.3) is 0 Å². The van der Waals surface area contributed by atoms with Gasteiger partial charge < -0.3 is 5.73 Å². The second-order valence-electron chi connectivity index (χ2n) is 5.02. The number of nitrogens with zero attached hydrogens (tertiary/aromatic N) is 2. The summed E-state index contributed by atoms with van der Waals surface area (Å²) in [5, 5.41) is 4.53. The molecule has 0 bridgehead atoms. The quantitative estimate of drug-likeness (QED) is 0.801. The number of hydrogen-bond donors (Lipinski definition) is 1. The molecule has 0 saturated carbocycles. The number of hydrogen-bond acceptors (Lipinski definition) is 4. The monoisotopic (exact) mass is 255 g/mol. The van der Waals surface area contributed by atoms with Gasteiger partial charge in [-0.3, -0.25) is 0 Å². The normalized spacial score (nSPS) is 26.9. The maximum atomic E-state index is 11.5. The first kappa shape index (κ1) is 11.1. The van der Waals surface area contributed by atoms with Crippen LogP contribution in [0.4, 0.5) is 5.82 Å². The van der Waals surface area contributed by atoms with E-state index in [-0.39, 0.29) is 17.5 Å². The molecule has 0 aromatic carbocycles. The maximum absolute atomic E-state index is 11.5. The molecule has 5 nitrogen and oxygen atoms in total. The van der Waals surface area contributed by atoms with E-state index in [0.717, 1.165) is 36.9 Å². The van der Waals surface area contributed by atoms with E-state index in [2.05, 4.69) is 5.10 Å². The van der Waals surface area contributed by atoms with Gasteiger partial charge in [-0.05, 0) is 32.1 Å². The number of nitrogens with two attached hydrogens (primary N) is 1. The molecule has 1 aliphatic heterocycles. The Morgan fingerprint density at radius 1 is 1.29 bits per heavy atom. The van der Waals surface area contributed by atoms with Gasteiger partial charge in [-0.25, -0.2) is 13.1 Å². The maximum Gasteiger partial charge on any atom is 0.152 e. The lowest BCUT2D eigenvalue weighted by Crippen LogP contribution is -2.15. The van der Waals surface area contributed by atoms with Crippen molar-refractivity contribution in [2.24, 2.45) is 0 Å². The highest BCUT2D eigenvalue weighted by Gasteiger charge is 2.32. The van der Waals surface area contributed by atoms with E-state index in [9.17, 15) is 8.42 Å².